The molecule has 0 fully saturated rings. The topological polar surface area (TPSA) is 17.1 Å². The number of fused-ring (bicyclic) bond motifs is 1. The standard InChI is InChI=1S/C12H10O/c1-3-9-5-4-6-10-7-11(13)8(2)12(9)10/h3-6H,1-2,7H2. The molecule has 0 aliphatic heterocycles. The SMILES string of the molecule is C=Cc1cccc2c1C(=C)C(=O)C2. The number of benzene rings is 1. The van der Waals surface area contributed by atoms with E-state index in [4.69, 9.17) is 0 Å². The number of carbonyl (C=O) groups is 1. The highest BCUT2D eigenvalue weighted by atomic mass is 16.1. The van der Waals surface area contributed by atoms with Crippen LogP contribution in [-0.4, -0.2) is 5.78 Å². The van der Waals surface area contributed by atoms with Crippen molar-refractivity contribution in [3.8, 4) is 0 Å². The summed E-state index contributed by atoms with van der Waals surface area (Å²) < 4.78 is 0. The first-order chi connectivity index (χ1) is 6.24. The fourth-order valence-electron chi connectivity index (χ4n) is 1.72. The summed E-state index contributed by atoms with van der Waals surface area (Å²) in [6.45, 7) is 7.50. The van der Waals surface area contributed by atoms with Crippen molar-refractivity contribution in [2.45, 2.75) is 6.42 Å². The van der Waals surface area contributed by atoms with E-state index in [1.165, 1.54) is 0 Å². The number of allylic oxidation sites excluding steroid dienone is 1. The highest BCUT2D eigenvalue weighted by Crippen LogP contribution is 2.31. The van der Waals surface area contributed by atoms with Crippen LogP contribution >= 0.6 is 0 Å². The molecule has 1 aromatic rings. The third-order valence-electron chi connectivity index (χ3n) is 2.39. The molecule has 13 heavy (non-hydrogen) atoms. The number of Topliss-reactive ketones (excluding diaryl/α,β-unsaturated/α-hetero) is 1. The van der Waals surface area contributed by atoms with Crippen LogP contribution < -0.4 is 0 Å². The van der Waals surface area contributed by atoms with Gasteiger partial charge in [-0.1, -0.05) is 37.4 Å². The van der Waals surface area contributed by atoms with Gasteiger partial charge in [0.05, 0.1) is 0 Å². The molecule has 1 nitrogen and oxygen atoms in total. The molecule has 1 heteroatoms. The average Bonchev–Trinajstić information content (AvgIpc) is 2.43. The van der Waals surface area contributed by atoms with Gasteiger partial charge in [0, 0.05) is 12.0 Å². The van der Waals surface area contributed by atoms with Crippen LogP contribution in [0.25, 0.3) is 11.6 Å². The van der Waals surface area contributed by atoms with E-state index >= 15 is 0 Å². The van der Waals surface area contributed by atoms with Crippen LogP contribution in [0.2, 0.25) is 0 Å². The molecule has 0 bridgehead atoms. The summed E-state index contributed by atoms with van der Waals surface area (Å²) in [4.78, 5) is 11.4. The molecule has 0 N–H and O–H groups in total. The van der Waals surface area contributed by atoms with E-state index in [1.807, 2.05) is 18.2 Å². The normalized spacial score (nSPS) is 14.5. The van der Waals surface area contributed by atoms with Gasteiger partial charge in [-0.3, -0.25) is 4.79 Å². The minimum Gasteiger partial charge on any atom is -0.294 e. The first kappa shape index (κ1) is 7.99. The monoisotopic (exact) mass is 170 g/mol. The molecule has 0 amide bonds. The van der Waals surface area contributed by atoms with E-state index in [0.717, 1.165) is 16.7 Å². The lowest BCUT2D eigenvalue weighted by Gasteiger charge is -2.02. The van der Waals surface area contributed by atoms with Crippen LogP contribution in [0.4, 0.5) is 0 Å². The smallest absolute Gasteiger partial charge is 0.167 e. The molecule has 0 unspecified atom stereocenters. The van der Waals surface area contributed by atoms with E-state index in [9.17, 15) is 4.79 Å². The summed E-state index contributed by atoms with van der Waals surface area (Å²) in [5.74, 6) is 0.129. The zero-order chi connectivity index (χ0) is 9.42. The number of ketones is 1. The predicted octanol–water partition coefficient (Wildman–Crippen LogP) is 2.47. The van der Waals surface area contributed by atoms with Crippen LogP contribution in [0.5, 0.6) is 0 Å². The van der Waals surface area contributed by atoms with Crippen LogP contribution in [0.15, 0.2) is 31.4 Å². The molecular formula is C12H10O. The summed E-state index contributed by atoms with van der Waals surface area (Å²) in [5, 5.41) is 0. The summed E-state index contributed by atoms with van der Waals surface area (Å²) in [5.41, 5.74) is 3.70. The van der Waals surface area contributed by atoms with Gasteiger partial charge in [0.2, 0.25) is 0 Å². The van der Waals surface area contributed by atoms with Crippen LogP contribution in [-0.2, 0) is 11.2 Å². The van der Waals surface area contributed by atoms with Crippen molar-refractivity contribution in [2.24, 2.45) is 0 Å². The van der Waals surface area contributed by atoms with Gasteiger partial charge in [-0.05, 0) is 16.7 Å². The Balaban J connectivity index is 2.71. The molecule has 2 rings (SSSR count). The second-order valence-electron chi connectivity index (χ2n) is 3.16. The predicted molar refractivity (Wildman–Crippen MR) is 54.3 cm³/mol. The Morgan fingerprint density at radius 3 is 2.85 bits per heavy atom. The van der Waals surface area contributed by atoms with Crippen molar-refractivity contribution in [2.75, 3.05) is 0 Å². The van der Waals surface area contributed by atoms with Crippen molar-refractivity contribution >= 4 is 17.4 Å². The number of carbonyl (C=O) groups excluding carboxylic acids is 1. The van der Waals surface area contributed by atoms with Crippen molar-refractivity contribution in [1.82, 2.24) is 0 Å². The van der Waals surface area contributed by atoms with Gasteiger partial charge < -0.3 is 0 Å². The quantitative estimate of drug-likeness (QED) is 0.592. The van der Waals surface area contributed by atoms with Gasteiger partial charge in [0.25, 0.3) is 0 Å². The summed E-state index contributed by atoms with van der Waals surface area (Å²) in [6.07, 6.45) is 2.26. The van der Waals surface area contributed by atoms with Crippen LogP contribution in [0.3, 0.4) is 0 Å². The lowest BCUT2D eigenvalue weighted by Crippen LogP contribution is -1.91. The molecule has 1 aliphatic rings. The highest BCUT2D eigenvalue weighted by molar-refractivity contribution is 6.25. The van der Waals surface area contributed by atoms with E-state index in [2.05, 4.69) is 13.2 Å². The van der Waals surface area contributed by atoms with E-state index < -0.39 is 0 Å². The molecule has 0 saturated heterocycles. The van der Waals surface area contributed by atoms with Crippen LogP contribution in [0, 0.1) is 0 Å². The average molecular weight is 170 g/mol. The number of rotatable bonds is 1. The summed E-state index contributed by atoms with van der Waals surface area (Å²) in [6, 6.07) is 5.87. The minimum absolute atomic E-state index is 0.129. The van der Waals surface area contributed by atoms with Crippen molar-refractivity contribution < 1.29 is 4.79 Å². The largest absolute Gasteiger partial charge is 0.294 e. The van der Waals surface area contributed by atoms with Gasteiger partial charge in [-0.25, -0.2) is 0 Å². The molecule has 0 saturated carbocycles. The van der Waals surface area contributed by atoms with Gasteiger partial charge >= 0.3 is 0 Å². The maximum Gasteiger partial charge on any atom is 0.167 e. The van der Waals surface area contributed by atoms with Crippen molar-refractivity contribution in [3.05, 3.63) is 48.0 Å². The lowest BCUT2D eigenvalue weighted by molar-refractivity contribution is -0.112. The van der Waals surface area contributed by atoms with Crippen molar-refractivity contribution in [1.29, 1.82) is 0 Å². The molecule has 64 valence electrons. The second kappa shape index (κ2) is 2.70. The van der Waals surface area contributed by atoms with Gasteiger partial charge in [-0.2, -0.15) is 0 Å². The van der Waals surface area contributed by atoms with Crippen molar-refractivity contribution in [3.63, 3.8) is 0 Å². The van der Waals surface area contributed by atoms with Gasteiger partial charge in [0.15, 0.2) is 5.78 Å². The number of hydrogen-bond donors (Lipinski definition) is 0. The number of hydrogen-bond acceptors (Lipinski definition) is 1. The lowest BCUT2D eigenvalue weighted by atomic mass is 10.0. The maximum atomic E-state index is 11.4. The third-order valence-corrected chi connectivity index (χ3v) is 2.39. The molecule has 1 aromatic carbocycles. The fraction of sp³-hybridized carbons (Fsp3) is 0.0833. The van der Waals surface area contributed by atoms with E-state index in [0.29, 0.717) is 12.0 Å². The Labute approximate surface area is 77.4 Å². The molecule has 0 aromatic heterocycles. The van der Waals surface area contributed by atoms with Gasteiger partial charge in [0.1, 0.15) is 0 Å². The molecule has 0 atom stereocenters. The minimum atomic E-state index is 0.129. The Morgan fingerprint density at radius 1 is 1.38 bits per heavy atom. The fourth-order valence-corrected chi connectivity index (χ4v) is 1.72. The Bertz CT molecular complexity index is 413. The third kappa shape index (κ3) is 1.04. The van der Waals surface area contributed by atoms with Gasteiger partial charge in [-0.15, -0.1) is 0 Å². The van der Waals surface area contributed by atoms with E-state index in [-0.39, 0.29) is 5.78 Å². The Morgan fingerprint density at radius 2 is 2.15 bits per heavy atom. The zero-order valence-electron chi connectivity index (χ0n) is 7.34. The Kier molecular flexibility index (Phi) is 1.66. The molecule has 1 aliphatic carbocycles. The molecule has 0 heterocycles. The zero-order valence-corrected chi connectivity index (χ0v) is 7.34. The second-order valence-corrected chi connectivity index (χ2v) is 3.16. The highest BCUT2D eigenvalue weighted by Gasteiger charge is 2.23. The maximum absolute atomic E-state index is 11.4. The van der Waals surface area contributed by atoms with E-state index in [1.54, 1.807) is 6.08 Å². The first-order valence-electron chi connectivity index (χ1n) is 4.21. The molecule has 0 radical (unpaired) electrons. The molecular weight excluding hydrogens is 160 g/mol. The van der Waals surface area contributed by atoms with Crippen LogP contribution in [0.1, 0.15) is 16.7 Å². The summed E-state index contributed by atoms with van der Waals surface area (Å²) in [7, 11) is 0. The molecule has 0 spiro atoms. The Hall–Kier alpha value is -1.63. The first-order valence-corrected chi connectivity index (χ1v) is 4.21. The summed E-state index contributed by atoms with van der Waals surface area (Å²) >= 11 is 0.